The Kier molecular flexibility index (Phi) is 3.40. The highest BCUT2D eigenvalue weighted by Gasteiger charge is 2.28. The van der Waals surface area contributed by atoms with Crippen LogP contribution >= 0.6 is 0 Å². The maximum Gasteiger partial charge on any atom is 0.223 e. The second-order valence-electron chi connectivity index (χ2n) is 4.39. The Hall–Kier alpha value is -1.57. The van der Waals surface area contributed by atoms with Gasteiger partial charge in [0.2, 0.25) is 5.91 Å². The summed E-state index contributed by atoms with van der Waals surface area (Å²) in [5, 5.41) is 2.96. The molecule has 0 spiro atoms. The van der Waals surface area contributed by atoms with Crippen LogP contribution in [-0.4, -0.2) is 12.5 Å². The molecule has 84 valence electrons. The van der Waals surface area contributed by atoms with Crippen LogP contribution in [0, 0.1) is 5.92 Å². The van der Waals surface area contributed by atoms with Crippen molar-refractivity contribution in [3.8, 4) is 0 Å². The van der Waals surface area contributed by atoms with Crippen molar-refractivity contribution in [3.05, 3.63) is 41.5 Å². The lowest BCUT2D eigenvalue weighted by molar-refractivity contribution is -0.122. The highest BCUT2D eigenvalue weighted by molar-refractivity contribution is 5.81. The molecule has 1 aliphatic rings. The van der Waals surface area contributed by atoms with Crippen LogP contribution in [-0.2, 0) is 4.79 Å². The molecule has 1 saturated carbocycles. The van der Waals surface area contributed by atoms with E-state index in [1.807, 2.05) is 25.1 Å². The van der Waals surface area contributed by atoms with E-state index in [0.717, 1.165) is 12.8 Å². The molecule has 1 aliphatic carbocycles. The van der Waals surface area contributed by atoms with Crippen molar-refractivity contribution in [2.45, 2.75) is 19.8 Å². The molecular weight excluding hydrogens is 198 g/mol. The first-order chi connectivity index (χ1) is 7.75. The first-order valence-corrected chi connectivity index (χ1v) is 5.75. The van der Waals surface area contributed by atoms with Gasteiger partial charge in [-0.3, -0.25) is 4.79 Å². The molecule has 0 heterocycles. The topological polar surface area (TPSA) is 29.1 Å². The second-order valence-corrected chi connectivity index (χ2v) is 4.39. The Morgan fingerprint density at radius 3 is 2.69 bits per heavy atom. The average Bonchev–Trinajstić information content (AvgIpc) is 3.11. The number of nitrogens with one attached hydrogen (secondary N) is 1. The van der Waals surface area contributed by atoms with Crippen LogP contribution in [0.15, 0.2) is 35.9 Å². The second kappa shape index (κ2) is 4.97. The van der Waals surface area contributed by atoms with Gasteiger partial charge in [-0.15, -0.1) is 0 Å². The van der Waals surface area contributed by atoms with E-state index in [-0.39, 0.29) is 5.91 Å². The fourth-order valence-electron chi connectivity index (χ4n) is 1.60. The number of benzene rings is 1. The lowest BCUT2D eigenvalue weighted by Gasteiger charge is -2.04. The standard InChI is InChI=1S/C14H17NO/c1-11(9-12-5-3-2-4-6-12)10-15-14(16)13-7-8-13/h2-6,9,13H,7-8,10H2,1H3,(H,15,16)/b11-9-. The molecule has 2 nitrogen and oxygen atoms in total. The molecule has 0 unspecified atom stereocenters. The van der Waals surface area contributed by atoms with E-state index in [0.29, 0.717) is 12.5 Å². The zero-order valence-electron chi connectivity index (χ0n) is 9.57. The number of amides is 1. The minimum absolute atomic E-state index is 0.209. The summed E-state index contributed by atoms with van der Waals surface area (Å²) in [5.41, 5.74) is 2.36. The molecule has 0 radical (unpaired) electrons. The molecule has 1 amide bonds. The van der Waals surface area contributed by atoms with E-state index in [1.54, 1.807) is 0 Å². The largest absolute Gasteiger partial charge is 0.352 e. The summed E-state index contributed by atoms with van der Waals surface area (Å²) < 4.78 is 0. The highest BCUT2D eigenvalue weighted by atomic mass is 16.2. The Balaban J connectivity index is 1.85. The fraction of sp³-hybridized carbons (Fsp3) is 0.357. The summed E-state index contributed by atoms with van der Waals surface area (Å²) in [4.78, 5) is 11.4. The minimum Gasteiger partial charge on any atom is -0.352 e. The normalized spacial score (nSPS) is 15.9. The SMILES string of the molecule is C/C(=C/c1ccccc1)CNC(=O)C1CC1. The quantitative estimate of drug-likeness (QED) is 0.822. The summed E-state index contributed by atoms with van der Waals surface area (Å²) >= 11 is 0. The molecule has 2 heteroatoms. The summed E-state index contributed by atoms with van der Waals surface area (Å²) in [6.07, 6.45) is 4.23. The summed E-state index contributed by atoms with van der Waals surface area (Å²) in [7, 11) is 0. The van der Waals surface area contributed by atoms with Crippen LogP contribution in [0.3, 0.4) is 0 Å². The molecule has 1 N–H and O–H groups in total. The van der Waals surface area contributed by atoms with Crippen molar-refractivity contribution in [2.24, 2.45) is 5.92 Å². The summed E-state index contributed by atoms with van der Waals surface area (Å²) in [6, 6.07) is 10.2. The van der Waals surface area contributed by atoms with Crippen molar-refractivity contribution in [2.75, 3.05) is 6.54 Å². The number of carbonyl (C=O) groups is 1. The first kappa shape index (κ1) is 10.9. The van der Waals surface area contributed by atoms with Crippen LogP contribution in [0.1, 0.15) is 25.3 Å². The molecule has 1 fully saturated rings. The lowest BCUT2D eigenvalue weighted by atomic mass is 10.1. The molecule has 0 atom stereocenters. The molecule has 16 heavy (non-hydrogen) atoms. The van der Waals surface area contributed by atoms with Crippen LogP contribution in [0.25, 0.3) is 6.08 Å². The van der Waals surface area contributed by atoms with E-state index in [4.69, 9.17) is 0 Å². The molecule has 1 aromatic carbocycles. The number of rotatable bonds is 4. The van der Waals surface area contributed by atoms with Gasteiger partial charge in [0.15, 0.2) is 0 Å². The van der Waals surface area contributed by atoms with Crippen molar-refractivity contribution in [3.63, 3.8) is 0 Å². The Bertz CT molecular complexity index is 390. The van der Waals surface area contributed by atoms with Crippen molar-refractivity contribution in [1.29, 1.82) is 0 Å². The summed E-state index contributed by atoms with van der Waals surface area (Å²) in [5.74, 6) is 0.505. The monoisotopic (exact) mass is 215 g/mol. The Morgan fingerprint density at radius 2 is 2.06 bits per heavy atom. The maximum absolute atomic E-state index is 11.4. The minimum atomic E-state index is 0.209. The van der Waals surface area contributed by atoms with E-state index >= 15 is 0 Å². The van der Waals surface area contributed by atoms with E-state index in [2.05, 4.69) is 23.5 Å². The smallest absolute Gasteiger partial charge is 0.223 e. The Labute approximate surface area is 96.4 Å². The predicted molar refractivity (Wildman–Crippen MR) is 65.8 cm³/mol. The van der Waals surface area contributed by atoms with Crippen molar-refractivity contribution >= 4 is 12.0 Å². The molecular formula is C14H17NO. The van der Waals surface area contributed by atoms with E-state index in [9.17, 15) is 4.79 Å². The van der Waals surface area contributed by atoms with Gasteiger partial charge in [0, 0.05) is 12.5 Å². The third-order valence-corrected chi connectivity index (χ3v) is 2.70. The van der Waals surface area contributed by atoms with Gasteiger partial charge >= 0.3 is 0 Å². The summed E-state index contributed by atoms with van der Waals surface area (Å²) in [6.45, 7) is 2.70. The Morgan fingerprint density at radius 1 is 1.38 bits per heavy atom. The highest BCUT2D eigenvalue weighted by Crippen LogP contribution is 2.28. The zero-order valence-corrected chi connectivity index (χ0v) is 9.57. The maximum atomic E-state index is 11.4. The third-order valence-electron chi connectivity index (χ3n) is 2.70. The van der Waals surface area contributed by atoms with Gasteiger partial charge in [-0.1, -0.05) is 42.0 Å². The van der Waals surface area contributed by atoms with Gasteiger partial charge in [0.1, 0.15) is 0 Å². The van der Waals surface area contributed by atoms with Gasteiger partial charge in [-0.25, -0.2) is 0 Å². The molecule has 0 saturated heterocycles. The van der Waals surface area contributed by atoms with Gasteiger partial charge in [-0.2, -0.15) is 0 Å². The van der Waals surface area contributed by atoms with Crippen LogP contribution in [0.2, 0.25) is 0 Å². The molecule has 0 bridgehead atoms. The van der Waals surface area contributed by atoms with Gasteiger partial charge in [0.25, 0.3) is 0 Å². The molecule has 2 rings (SSSR count). The fourth-order valence-corrected chi connectivity index (χ4v) is 1.60. The average molecular weight is 215 g/mol. The van der Waals surface area contributed by atoms with Gasteiger partial charge in [0.05, 0.1) is 0 Å². The van der Waals surface area contributed by atoms with Gasteiger partial charge in [-0.05, 0) is 25.3 Å². The van der Waals surface area contributed by atoms with Crippen LogP contribution in [0.5, 0.6) is 0 Å². The van der Waals surface area contributed by atoms with Crippen LogP contribution in [0.4, 0.5) is 0 Å². The molecule has 0 aromatic heterocycles. The lowest BCUT2D eigenvalue weighted by Crippen LogP contribution is -2.26. The third kappa shape index (κ3) is 3.23. The van der Waals surface area contributed by atoms with Crippen molar-refractivity contribution in [1.82, 2.24) is 5.32 Å². The van der Waals surface area contributed by atoms with Crippen molar-refractivity contribution < 1.29 is 4.79 Å². The van der Waals surface area contributed by atoms with Gasteiger partial charge < -0.3 is 5.32 Å². The predicted octanol–water partition coefficient (Wildman–Crippen LogP) is 2.62. The number of hydrogen-bond donors (Lipinski definition) is 1. The molecule has 1 aromatic rings. The molecule has 0 aliphatic heterocycles. The van der Waals surface area contributed by atoms with E-state index in [1.165, 1.54) is 11.1 Å². The van der Waals surface area contributed by atoms with E-state index < -0.39 is 0 Å². The van der Waals surface area contributed by atoms with Crippen LogP contribution < -0.4 is 5.32 Å². The first-order valence-electron chi connectivity index (χ1n) is 5.75. The zero-order chi connectivity index (χ0) is 11.4. The number of hydrogen-bond acceptors (Lipinski definition) is 1. The number of carbonyl (C=O) groups excluding carboxylic acids is 1.